The van der Waals surface area contributed by atoms with E-state index in [0.717, 1.165) is 0 Å². The van der Waals surface area contributed by atoms with Gasteiger partial charge in [-0.05, 0) is 17.7 Å². The number of amides is 3. The highest BCUT2D eigenvalue weighted by atomic mass is 19.1. The van der Waals surface area contributed by atoms with Crippen molar-refractivity contribution in [3.8, 4) is 0 Å². The van der Waals surface area contributed by atoms with Crippen LogP contribution >= 0.6 is 0 Å². The standard InChI is InChI=1S/C16H18FN3O3/c1-19-12-9-20(7-8-23-2)15(21)13(12)14(18-16(19)22)10-3-5-11(17)6-4-10/h3-6,14H,7-9H2,1-2H3,(H,18,22)/t14-/m1/s1. The monoisotopic (exact) mass is 319 g/mol. The van der Waals surface area contributed by atoms with Crippen LogP contribution in [-0.2, 0) is 9.53 Å². The fourth-order valence-corrected chi connectivity index (χ4v) is 2.91. The highest BCUT2D eigenvalue weighted by Crippen LogP contribution is 2.35. The van der Waals surface area contributed by atoms with Gasteiger partial charge >= 0.3 is 6.03 Å². The Kier molecular flexibility index (Phi) is 4.04. The molecule has 1 N–H and O–H groups in total. The summed E-state index contributed by atoms with van der Waals surface area (Å²) < 4.78 is 18.2. The summed E-state index contributed by atoms with van der Waals surface area (Å²) in [5, 5.41) is 2.81. The van der Waals surface area contributed by atoms with Gasteiger partial charge in [-0.15, -0.1) is 0 Å². The number of ether oxygens (including phenoxy) is 1. The summed E-state index contributed by atoms with van der Waals surface area (Å²) >= 11 is 0. The van der Waals surface area contributed by atoms with Crippen molar-refractivity contribution in [2.45, 2.75) is 6.04 Å². The number of halogens is 1. The first-order valence-electron chi connectivity index (χ1n) is 7.34. The maximum atomic E-state index is 13.1. The third kappa shape index (κ3) is 2.68. The number of rotatable bonds is 4. The Morgan fingerprint density at radius 2 is 2.00 bits per heavy atom. The summed E-state index contributed by atoms with van der Waals surface area (Å²) in [6.45, 7) is 1.26. The molecule has 0 unspecified atom stereocenters. The fraction of sp³-hybridized carbons (Fsp3) is 0.375. The van der Waals surface area contributed by atoms with Crippen LogP contribution in [-0.4, -0.2) is 55.6 Å². The van der Waals surface area contributed by atoms with E-state index in [1.165, 1.54) is 17.0 Å². The maximum Gasteiger partial charge on any atom is 0.322 e. The SMILES string of the molecule is COCCN1CC2=C(C1=O)[C@@H](c1ccc(F)cc1)NC(=O)N2C. The summed E-state index contributed by atoms with van der Waals surface area (Å²) in [5.74, 6) is -0.486. The van der Waals surface area contributed by atoms with Crippen molar-refractivity contribution >= 4 is 11.9 Å². The molecule has 6 nitrogen and oxygen atoms in total. The first-order chi connectivity index (χ1) is 11.0. The minimum Gasteiger partial charge on any atom is -0.383 e. The molecule has 0 aliphatic carbocycles. The van der Waals surface area contributed by atoms with E-state index >= 15 is 0 Å². The molecule has 0 fully saturated rings. The van der Waals surface area contributed by atoms with E-state index in [4.69, 9.17) is 4.74 Å². The average Bonchev–Trinajstić information content (AvgIpc) is 2.87. The number of nitrogens with one attached hydrogen (secondary N) is 1. The van der Waals surface area contributed by atoms with Gasteiger partial charge in [0.1, 0.15) is 5.82 Å². The van der Waals surface area contributed by atoms with Crippen LogP contribution in [0.5, 0.6) is 0 Å². The molecule has 0 saturated heterocycles. The van der Waals surface area contributed by atoms with Gasteiger partial charge in [-0.1, -0.05) is 12.1 Å². The Morgan fingerprint density at radius 1 is 1.30 bits per heavy atom. The van der Waals surface area contributed by atoms with E-state index in [1.807, 2.05) is 0 Å². The Morgan fingerprint density at radius 3 is 2.65 bits per heavy atom. The number of nitrogens with zero attached hydrogens (tertiary/aromatic N) is 2. The quantitative estimate of drug-likeness (QED) is 0.909. The van der Waals surface area contributed by atoms with Crippen molar-refractivity contribution in [3.05, 3.63) is 46.9 Å². The lowest BCUT2D eigenvalue weighted by Gasteiger charge is -2.31. The van der Waals surface area contributed by atoms with Crippen LogP contribution in [0.2, 0.25) is 0 Å². The Labute approximate surface area is 133 Å². The van der Waals surface area contributed by atoms with Crippen molar-refractivity contribution in [2.75, 3.05) is 33.9 Å². The molecule has 7 heteroatoms. The molecular weight excluding hydrogens is 301 g/mol. The van der Waals surface area contributed by atoms with Gasteiger partial charge in [0.15, 0.2) is 0 Å². The van der Waals surface area contributed by atoms with Gasteiger partial charge < -0.3 is 15.0 Å². The van der Waals surface area contributed by atoms with Gasteiger partial charge in [0.05, 0.1) is 30.5 Å². The zero-order valence-corrected chi connectivity index (χ0v) is 13.0. The molecule has 0 spiro atoms. The lowest BCUT2D eigenvalue weighted by Crippen LogP contribution is -2.45. The molecule has 0 saturated carbocycles. The van der Waals surface area contributed by atoms with E-state index in [1.54, 1.807) is 31.2 Å². The van der Waals surface area contributed by atoms with Crippen molar-refractivity contribution in [1.82, 2.24) is 15.1 Å². The molecular formula is C16H18FN3O3. The predicted molar refractivity (Wildman–Crippen MR) is 80.9 cm³/mol. The molecule has 1 aromatic carbocycles. The predicted octanol–water partition coefficient (Wildman–Crippen LogP) is 1.26. The molecule has 2 heterocycles. The lowest BCUT2D eigenvalue weighted by atomic mass is 9.96. The largest absolute Gasteiger partial charge is 0.383 e. The second kappa shape index (κ2) is 6.00. The molecule has 2 aliphatic rings. The molecule has 3 amide bonds. The van der Waals surface area contributed by atoms with E-state index in [2.05, 4.69) is 5.32 Å². The van der Waals surface area contributed by atoms with Crippen LogP contribution in [0.1, 0.15) is 11.6 Å². The van der Waals surface area contributed by atoms with Crippen LogP contribution in [0.25, 0.3) is 0 Å². The number of hydrogen-bond donors (Lipinski definition) is 1. The van der Waals surface area contributed by atoms with Gasteiger partial charge in [0.25, 0.3) is 5.91 Å². The minimum absolute atomic E-state index is 0.127. The number of hydrogen-bond acceptors (Lipinski definition) is 3. The number of carbonyl (C=O) groups is 2. The summed E-state index contributed by atoms with van der Waals surface area (Å²) in [7, 11) is 3.21. The topological polar surface area (TPSA) is 61.9 Å². The molecule has 1 aromatic rings. The number of methoxy groups -OCH3 is 1. The molecule has 122 valence electrons. The molecule has 3 rings (SSSR count). The van der Waals surface area contributed by atoms with Crippen LogP contribution in [0.3, 0.4) is 0 Å². The first kappa shape index (κ1) is 15.5. The first-order valence-corrected chi connectivity index (χ1v) is 7.34. The van der Waals surface area contributed by atoms with E-state index in [0.29, 0.717) is 36.5 Å². The van der Waals surface area contributed by atoms with E-state index < -0.39 is 6.04 Å². The maximum absolute atomic E-state index is 13.1. The summed E-state index contributed by atoms with van der Waals surface area (Å²) in [6.07, 6.45) is 0. The second-order valence-corrected chi connectivity index (χ2v) is 5.57. The van der Waals surface area contributed by atoms with Crippen LogP contribution in [0, 0.1) is 5.82 Å². The number of likely N-dealkylation sites (N-methyl/N-ethyl adjacent to an activating group) is 1. The zero-order chi connectivity index (χ0) is 16.6. The minimum atomic E-state index is -0.561. The summed E-state index contributed by atoms with van der Waals surface area (Å²) in [6, 6.07) is 4.97. The number of carbonyl (C=O) groups excluding carboxylic acids is 2. The Balaban J connectivity index is 1.96. The smallest absolute Gasteiger partial charge is 0.322 e. The Bertz CT molecular complexity index is 672. The highest BCUT2D eigenvalue weighted by Gasteiger charge is 2.42. The third-order valence-electron chi connectivity index (χ3n) is 4.20. The van der Waals surface area contributed by atoms with Crippen LogP contribution < -0.4 is 5.32 Å². The third-order valence-corrected chi connectivity index (χ3v) is 4.20. The zero-order valence-electron chi connectivity index (χ0n) is 13.0. The average molecular weight is 319 g/mol. The summed E-state index contributed by atoms with van der Waals surface area (Å²) in [4.78, 5) is 28.0. The van der Waals surface area contributed by atoms with Crippen molar-refractivity contribution in [3.63, 3.8) is 0 Å². The van der Waals surface area contributed by atoms with Gasteiger partial charge in [0, 0.05) is 20.7 Å². The van der Waals surface area contributed by atoms with E-state index in [9.17, 15) is 14.0 Å². The normalized spacial score (nSPS) is 20.9. The van der Waals surface area contributed by atoms with Gasteiger partial charge in [-0.25, -0.2) is 9.18 Å². The fourth-order valence-electron chi connectivity index (χ4n) is 2.91. The molecule has 1 atom stereocenters. The van der Waals surface area contributed by atoms with Gasteiger partial charge in [0.2, 0.25) is 0 Å². The molecule has 23 heavy (non-hydrogen) atoms. The summed E-state index contributed by atoms with van der Waals surface area (Å²) in [5.41, 5.74) is 1.90. The van der Waals surface area contributed by atoms with E-state index in [-0.39, 0.29) is 17.8 Å². The Hall–Kier alpha value is -2.41. The van der Waals surface area contributed by atoms with Gasteiger partial charge in [-0.3, -0.25) is 9.69 Å². The van der Waals surface area contributed by atoms with Gasteiger partial charge in [-0.2, -0.15) is 0 Å². The number of benzene rings is 1. The van der Waals surface area contributed by atoms with Crippen molar-refractivity contribution in [1.29, 1.82) is 0 Å². The molecule has 0 bridgehead atoms. The second-order valence-electron chi connectivity index (χ2n) is 5.57. The highest BCUT2D eigenvalue weighted by molar-refractivity contribution is 6.01. The van der Waals surface area contributed by atoms with Crippen molar-refractivity contribution < 1.29 is 18.7 Å². The molecule has 0 radical (unpaired) electrons. The molecule has 2 aliphatic heterocycles. The van der Waals surface area contributed by atoms with Crippen molar-refractivity contribution in [2.24, 2.45) is 0 Å². The van der Waals surface area contributed by atoms with Crippen LogP contribution in [0.15, 0.2) is 35.5 Å². The lowest BCUT2D eigenvalue weighted by molar-refractivity contribution is -0.126. The molecule has 0 aromatic heterocycles. The van der Waals surface area contributed by atoms with Crippen LogP contribution in [0.4, 0.5) is 9.18 Å². The number of urea groups is 1.